The van der Waals surface area contributed by atoms with Gasteiger partial charge in [-0.15, -0.1) is 0 Å². The summed E-state index contributed by atoms with van der Waals surface area (Å²) < 4.78 is 4.56. The highest BCUT2D eigenvalue weighted by Gasteiger charge is 2.04. The third-order valence-corrected chi connectivity index (χ3v) is 5.00. The van der Waals surface area contributed by atoms with Crippen molar-refractivity contribution in [1.82, 2.24) is 15.0 Å². The zero-order chi connectivity index (χ0) is 30.2. The van der Waals surface area contributed by atoms with Gasteiger partial charge in [0.1, 0.15) is 0 Å². The van der Waals surface area contributed by atoms with Gasteiger partial charge in [-0.3, -0.25) is 29.3 Å². The Morgan fingerprint density at radius 2 is 1.23 bits per heavy atom. The van der Waals surface area contributed by atoms with Crippen LogP contribution < -0.4 is 15.1 Å². The van der Waals surface area contributed by atoms with Gasteiger partial charge in [-0.25, -0.2) is 0 Å². The molecule has 0 spiro atoms. The summed E-state index contributed by atoms with van der Waals surface area (Å²) in [6.07, 6.45) is 12.2. The van der Waals surface area contributed by atoms with Gasteiger partial charge in [0.2, 0.25) is 0 Å². The van der Waals surface area contributed by atoms with E-state index in [4.69, 9.17) is 5.11 Å². The molecule has 0 aliphatic rings. The van der Waals surface area contributed by atoms with Crippen LogP contribution in [0.5, 0.6) is 0 Å². The number of ether oxygens (including phenoxy) is 1. The topological polar surface area (TPSA) is 138 Å². The number of hydrogen-bond donors (Lipinski definition) is 2. The van der Waals surface area contributed by atoms with Crippen LogP contribution in [0, 0.1) is 0 Å². The number of ketones is 1. The van der Waals surface area contributed by atoms with Gasteiger partial charge in [-0.05, 0) is 49.4 Å². The normalized spacial score (nSPS) is 9.03. The summed E-state index contributed by atoms with van der Waals surface area (Å²) in [6, 6.07) is 11.3. The van der Waals surface area contributed by atoms with Crippen molar-refractivity contribution in [2.24, 2.45) is 0 Å². The number of carboxylic acid groups (broad SMARTS) is 1. The fourth-order valence-corrected chi connectivity index (χ4v) is 2.60. The Hall–Kier alpha value is -4.80. The molecule has 40 heavy (non-hydrogen) atoms. The van der Waals surface area contributed by atoms with Crippen molar-refractivity contribution in [3.63, 3.8) is 0 Å². The molecule has 2 N–H and O–H groups in total. The van der Waals surface area contributed by atoms with Crippen molar-refractivity contribution in [1.29, 1.82) is 0 Å². The minimum Gasteiger partial charge on any atom is -0.481 e. The Bertz CT molecular complexity index is 1100. The van der Waals surface area contributed by atoms with E-state index in [0.717, 1.165) is 17.1 Å². The van der Waals surface area contributed by atoms with E-state index >= 15 is 0 Å². The minimum atomic E-state index is -0.777. The van der Waals surface area contributed by atoms with E-state index in [9.17, 15) is 14.4 Å². The van der Waals surface area contributed by atoms with E-state index in [1.165, 1.54) is 20.1 Å². The number of carbonyl (C=O) groups excluding carboxylic acids is 2. The van der Waals surface area contributed by atoms with E-state index in [1.807, 2.05) is 67.3 Å². The largest absolute Gasteiger partial charge is 0.481 e. The van der Waals surface area contributed by atoms with Gasteiger partial charge >= 0.3 is 11.9 Å². The number of aromatic nitrogens is 3. The Labute approximate surface area is 236 Å². The molecule has 0 radical (unpaired) electrons. The summed E-state index contributed by atoms with van der Waals surface area (Å²) in [5.74, 6) is -0.947. The zero-order valence-electron chi connectivity index (χ0n) is 23.9. The maximum absolute atomic E-state index is 10.9. The van der Waals surface area contributed by atoms with Crippen LogP contribution in [0.25, 0.3) is 0 Å². The first-order valence-electron chi connectivity index (χ1n) is 12.4. The molecular formula is C29H40N6O5. The third kappa shape index (κ3) is 18.4. The molecule has 11 heteroatoms. The van der Waals surface area contributed by atoms with Gasteiger partial charge in [0.25, 0.3) is 0 Å². The van der Waals surface area contributed by atoms with Crippen molar-refractivity contribution < 1.29 is 24.2 Å². The standard InChI is InChI=1S/C10H14N2O2.C9H12N2O2.C6H8N2.C4H6O/c1-12(8-5-10(13)14-2)9-3-6-11-7-4-9;1-11(7-4-9(12)13)8-2-5-10-6-3-8;1-7-6-2-4-8-5-3-6;1-3-4(2)5/h3-4,6-7H,5,8H2,1-2H3;2-3,5-6H,4,7H2,1H3,(H,12,13);2-5H,1H3,(H,7,8);3H,1H2,2H3. The molecule has 0 aromatic carbocycles. The van der Waals surface area contributed by atoms with Crippen LogP contribution in [0.1, 0.15) is 19.8 Å². The first-order chi connectivity index (χ1) is 19.1. The van der Waals surface area contributed by atoms with Crippen LogP contribution in [-0.2, 0) is 19.1 Å². The Balaban J connectivity index is 0.000000540. The van der Waals surface area contributed by atoms with Gasteiger partial charge in [0, 0.05) is 88.5 Å². The summed E-state index contributed by atoms with van der Waals surface area (Å²) in [4.78, 5) is 46.4. The molecule has 0 saturated carbocycles. The van der Waals surface area contributed by atoms with Crippen LogP contribution in [-0.4, -0.2) is 79.1 Å². The number of allylic oxidation sites excluding steroid dienone is 1. The Morgan fingerprint density at radius 3 is 1.52 bits per heavy atom. The molecule has 3 heterocycles. The highest BCUT2D eigenvalue weighted by molar-refractivity contribution is 5.86. The fraction of sp³-hybridized carbons (Fsp3) is 0.310. The number of carboxylic acids is 1. The number of anilines is 3. The molecule has 0 aliphatic heterocycles. The second-order valence-electron chi connectivity index (χ2n) is 8.02. The summed E-state index contributed by atoms with van der Waals surface area (Å²) in [7, 11) is 7.07. The van der Waals surface area contributed by atoms with E-state index in [-0.39, 0.29) is 18.2 Å². The number of rotatable bonds is 10. The zero-order valence-corrected chi connectivity index (χ0v) is 23.9. The Morgan fingerprint density at radius 1 is 0.850 bits per heavy atom. The van der Waals surface area contributed by atoms with Gasteiger partial charge < -0.3 is 25.0 Å². The average Bonchev–Trinajstić information content (AvgIpc) is 3.00. The van der Waals surface area contributed by atoms with Crippen molar-refractivity contribution >= 4 is 34.8 Å². The maximum atomic E-state index is 10.9. The molecule has 0 amide bonds. The van der Waals surface area contributed by atoms with Crippen LogP contribution in [0.4, 0.5) is 17.1 Å². The molecule has 0 bridgehead atoms. The van der Waals surface area contributed by atoms with Crippen molar-refractivity contribution in [3.8, 4) is 0 Å². The number of pyridine rings is 3. The van der Waals surface area contributed by atoms with Crippen LogP contribution in [0.15, 0.2) is 86.2 Å². The monoisotopic (exact) mass is 552 g/mol. The number of esters is 1. The minimum absolute atomic E-state index is 0.0185. The maximum Gasteiger partial charge on any atom is 0.307 e. The lowest BCUT2D eigenvalue weighted by Gasteiger charge is -2.17. The van der Waals surface area contributed by atoms with Crippen molar-refractivity contribution in [3.05, 3.63) is 86.2 Å². The van der Waals surface area contributed by atoms with Crippen molar-refractivity contribution in [2.75, 3.05) is 56.5 Å². The Kier molecular flexibility index (Phi) is 19.5. The van der Waals surface area contributed by atoms with Gasteiger partial charge in [0.05, 0.1) is 20.0 Å². The number of hydrogen-bond acceptors (Lipinski definition) is 10. The molecule has 216 valence electrons. The highest BCUT2D eigenvalue weighted by atomic mass is 16.5. The molecule has 0 atom stereocenters. The number of carbonyl (C=O) groups is 3. The lowest BCUT2D eigenvalue weighted by molar-refractivity contribution is -0.140. The van der Waals surface area contributed by atoms with E-state index in [0.29, 0.717) is 19.5 Å². The van der Waals surface area contributed by atoms with Crippen LogP contribution in [0.2, 0.25) is 0 Å². The molecule has 11 nitrogen and oxygen atoms in total. The van der Waals surface area contributed by atoms with Crippen molar-refractivity contribution in [2.45, 2.75) is 19.8 Å². The van der Waals surface area contributed by atoms with Gasteiger partial charge in [-0.1, -0.05) is 6.58 Å². The first-order valence-corrected chi connectivity index (χ1v) is 12.4. The lowest BCUT2D eigenvalue weighted by atomic mass is 10.3. The fourth-order valence-electron chi connectivity index (χ4n) is 2.60. The second-order valence-corrected chi connectivity index (χ2v) is 8.02. The third-order valence-electron chi connectivity index (χ3n) is 5.00. The second kappa shape index (κ2) is 22.2. The van der Waals surface area contributed by atoms with E-state index in [1.54, 1.807) is 37.2 Å². The number of aliphatic carboxylic acids is 1. The molecule has 3 aromatic rings. The predicted octanol–water partition coefficient (Wildman–Crippen LogP) is 3.96. The molecule has 3 aromatic heterocycles. The van der Waals surface area contributed by atoms with E-state index in [2.05, 4.69) is 31.6 Å². The number of nitrogens with one attached hydrogen (secondary N) is 1. The molecular weight excluding hydrogens is 512 g/mol. The molecule has 0 fully saturated rings. The first kappa shape index (κ1) is 35.2. The van der Waals surface area contributed by atoms with Crippen LogP contribution in [0.3, 0.4) is 0 Å². The summed E-state index contributed by atoms with van der Waals surface area (Å²) >= 11 is 0. The molecule has 0 saturated heterocycles. The summed E-state index contributed by atoms with van der Waals surface area (Å²) in [6.45, 7) is 5.84. The van der Waals surface area contributed by atoms with Crippen LogP contribution >= 0.6 is 0 Å². The summed E-state index contributed by atoms with van der Waals surface area (Å²) in [5.41, 5.74) is 3.13. The smallest absolute Gasteiger partial charge is 0.307 e. The summed E-state index contributed by atoms with van der Waals surface area (Å²) in [5, 5.41) is 11.5. The van der Waals surface area contributed by atoms with Gasteiger partial charge in [0.15, 0.2) is 5.78 Å². The highest BCUT2D eigenvalue weighted by Crippen LogP contribution is 2.10. The lowest BCUT2D eigenvalue weighted by Crippen LogP contribution is -2.21. The predicted molar refractivity (Wildman–Crippen MR) is 159 cm³/mol. The van der Waals surface area contributed by atoms with E-state index < -0.39 is 5.97 Å². The molecule has 0 unspecified atom stereocenters. The number of methoxy groups -OCH3 is 1. The molecule has 0 aliphatic carbocycles. The quantitative estimate of drug-likeness (QED) is 0.279. The van der Waals surface area contributed by atoms with Gasteiger partial charge in [-0.2, -0.15) is 0 Å². The number of nitrogens with zero attached hydrogens (tertiary/aromatic N) is 5. The average molecular weight is 553 g/mol. The molecule has 3 rings (SSSR count). The SMILES string of the molecule is C=CC(C)=O.CN(CCC(=O)O)c1ccncc1.CNc1ccncc1.COC(=O)CCN(C)c1ccncc1.